The fourth-order valence-corrected chi connectivity index (χ4v) is 3.84. The highest BCUT2D eigenvalue weighted by atomic mass is 35.5. The highest BCUT2D eigenvalue weighted by Gasteiger charge is 2.25. The van der Waals surface area contributed by atoms with Gasteiger partial charge in [0.15, 0.2) is 6.61 Å². The van der Waals surface area contributed by atoms with Crippen LogP contribution in [0.4, 0.5) is 0 Å². The van der Waals surface area contributed by atoms with E-state index in [0.717, 1.165) is 18.9 Å². The second kappa shape index (κ2) is 9.47. The predicted octanol–water partition coefficient (Wildman–Crippen LogP) is 0.974. The van der Waals surface area contributed by atoms with Crippen molar-refractivity contribution in [1.82, 2.24) is 9.79 Å². The summed E-state index contributed by atoms with van der Waals surface area (Å²) >= 11 is 5.93. The number of halogens is 1. The maximum Gasteiger partial charge on any atom is 0.338 e. The SMILES string of the molecule is CON(C)S(=O)(=O)c1cc(C(=O)OCC(=O)NC[C@H]2CCCO2)ccc1Cl. The van der Waals surface area contributed by atoms with Crippen LogP contribution in [0, 0.1) is 0 Å². The number of amides is 1. The maximum absolute atomic E-state index is 12.3. The molecule has 0 bridgehead atoms. The van der Waals surface area contributed by atoms with E-state index in [1.165, 1.54) is 26.3 Å². The van der Waals surface area contributed by atoms with E-state index in [4.69, 9.17) is 21.1 Å². The van der Waals surface area contributed by atoms with Crippen LogP contribution >= 0.6 is 11.6 Å². The van der Waals surface area contributed by atoms with Crippen LogP contribution in [0.25, 0.3) is 0 Å². The fraction of sp³-hybridized carbons (Fsp3) is 0.500. The molecule has 0 unspecified atom stereocenters. The van der Waals surface area contributed by atoms with E-state index in [9.17, 15) is 18.0 Å². The van der Waals surface area contributed by atoms with Crippen LogP contribution in [0.5, 0.6) is 0 Å². The number of hydroxylamine groups is 1. The Hall–Kier alpha value is -1.72. The van der Waals surface area contributed by atoms with Crippen molar-refractivity contribution in [3.05, 3.63) is 28.8 Å². The molecule has 1 heterocycles. The van der Waals surface area contributed by atoms with Crippen LogP contribution in [0.1, 0.15) is 23.2 Å². The second-order valence-electron chi connectivity index (χ2n) is 5.76. The monoisotopic (exact) mass is 420 g/mol. The van der Waals surface area contributed by atoms with Crippen LogP contribution in [0.15, 0.2) is 23.1 Å². The van der Waals surface area contributed by atoms with Gasteiger partial charge in [-0.3, -0.25) is 9.63 Å². The first-order chi connectivity index (χ1) is 12.8. The van der Waals surface area contributed by atoms with E-state index in [1.54, 1.807) is 0 Å². The predicted molar refractivity (Wildman–Crippen MR) is 95.7 cm³/mol. The summed E-state index contributed by atoms with van der Waals surface area (Å²) in [7, 11) is -1.68. The van der Waals surface area contributed by atoms with Gasteiger partial charge in [-0.1, -0.05) is 16.1 Å². The Morgan fingerprint density at radius 2 is 2.15 bits per heavy atom. The molecule has 1 aliphatic rings. The van der Waals surface area contributed by atoms with Crippen LogP contribution in [0.3, 0.4) is 0 Å². The van der Waals surface area contributed by atoms with E-state index >= 15 is 0 Å². The van der Waals surface area contributed by atoms with Crippen molar-refractivity contribution in [3.8, 4) is 0 Å². The van der Waals surface area contributed by atoms with Gasteiger partial charge < -0.3 is 14.8 Å². The lowest BCUT2D eigenvalue weighted by atomic mass is 10.2. The molecule has 1 fully saturated rings. The molecule has 0 aliphatic carbocycles. The molecular weight excluding hydrogens is 400 g/mol. The van der Waals surface area contributed by atoms with Crippen molar-refractivity contribution in [3.63, 3.8) is 0 Å². The number of carbonyl (C=O) groups excluding carboxylic acids is 2. The lowest BCUT2D eigenvalue weighted by molar-refractivity contribution is -0.124. The normalized spacial score (nSPS) is 17.1. The summed E-state index contributed by atoms with van der Waals surface area (Å²) in [5.41, 5.74) is -0.0607. The van der Waals surface area contributed by atoms with Gasteiger partial charge in [0.1, 0.15) is 4.90 Å². The molecule has 0 spiro atoms. The Kier molecular flexibility index (Phi) is 7.57. The average Bonchev–Trinajstić information content (AvgIpc) is 3.17. The lowest BCUT2D eigenvalue weighted by Gasteiger charge is -2.15. The molecule has 0 aromatic heterocycles. The van der Waals surface area contributed by atoms with E-state index in [2.05, 4.69) is 10.2 Å². The highest BCUT2D eigenvalue weighted by molar-refractivity contribution is 7.89. The average molecular weight is 421 g/mol. The van der Waals surface area contributed by atoms with Gasteiger partial charge in [0.25, 0.3) is 15.9 Å². The van der Waals surface area contributed by atoms with Gasteiger partial charge >= 0.3 is 5.97 Å². The number of nitrogens with one attached hydrogen (secondary N) is 1. The molecule has 1 N–H and O–H groups in total. The molecule has 27 heavy (non-hydrogen) atoms. The number of sulfonamides is 1. The van der Waals surface area contributed by atoms with Gasteiger partial charge in [-0.25, -0.2) is 13.2 Å². The molecular formula is C16H21ClN2O7S. The summed E-state index contributed by atoms with van der Waals surface area (Å²) < 4.78 is 35.6. The van der Waals surface area contributed by atoms with Crippen LogP contribution in [-0.2, 0) is 29.1 Å². The van der Waals surface area contributed by atoms with Crippen molar-refractivity contribution < 1.29 is 32.3 Å². The molecule has 1 amide bonds. The van der Waals surface area contributed by atoms with Crippen molar-refractivity contribution in [2.75, 3.05) is 33.9 Å². The Morgan fingerprint density at radius 3 is 2.78 bits per heavy atom. The van der Waals surface area contributed by atoms with Gasteiger partial charge in [-0.15, -0.1) is 0 Å². The zero-order chi connectivity index (χ0) is 20.0. The van der Waals surface area contributed by atoms with E-state index < -0.39 is 28.5 Å². The first-order valence-corrected chi connectivity index (χ1v) is 9.95. The van der Waals surface area contributed by atoms with Crippen molar-refractivity contribution >= 4 is 33.5 Å². The molecule has 1 saturated heterocycles. The number of rotatable bonds is 8. The molecule has 11 heteroatoms. The number of hydrogen-bond acceptors (Lipinski definition) is 7. The summed E-state index contributed by atoms with van der Waals surface area (Å²) in [6, 6.07) is 3.63. The van der Waals surface area contributed by atoms with Crippen molar-refractivity contribution in [2.24, 2.45) is 0 Å². The molecule has 0 saturated carbocycles. The smallest absolute Gasteiger partial charge is 0.338 e. The first kappa shape index (κ1) is 21.6. The van der Waals surface area contributed by atoms with Gasteiger partial charge in [-0.2, -0.15) is 0 Å². The Bertz CT molecular complexity index is 794. The second-order valence-corrected chi connectivity index (χ2v) is 8.07. The van der Waals surface area contributed by atoms with Crippen LogP contribution in [-0.4, -0.2) is 64.8 Å². The number of benzene rings is 1. The summed E-state index contributed by atoms with van der Waals surface area (Å²) in [6.45, 7) is 0.535. The maximum atomic E-state index is 12.3. The number of ether oxygens (including phenoxy) is 2. The summed E-state index contributed by atoms with van der Waals surface area (Å²) in [4.78, 5) is 28.3. The third-order valence-electron chi connectivity index (χ3n) is 3.93. The fourth-order valence-electron chi connectivity index (χ4n) is 2.36. The molecule has 1 aliphatic heterocycles. The van der Waals surface area contributed by atoms with Gasteiger partial charge in [-0.05, 0) is 31.0 Å². The zero-order valence-corrected chi connectivity index (χ0v) is 16.5. The Balaban J connectivity index is 1.98. The number of hydrogen-bond donors (Lipinski definition) is 1. The quantitative estimate of drug-likeness (QED) is 0.492. The topological polar surface area (TPSA) is 111 Å². The summed E-state index contributed by atoms with van der Waals surface area (Å²) in [5, 5.41) is 2.54. The van der Waals surface area contributed by atoms with Gasteiger partial charge in [0, 0.05) is 20.2 Å². The number of nitrogens with zero attached hydrogens (tertiary/aromatic N) is 1. The third kappa shape index (κ3) is 5.63. The number of carbonyl (C=O) groups is 2. The van der Waals surface area contributed by atoms with E-state index in [0.29, 0.717) is 17.6 Å². The molecule has 0 radical (unpaired) electrons. The van der Waals surface area contributed by atoms with Gasteiger partial charge in [0.05, 0.1) is 23.8 Å². The van der Waals surface area contributed by atoms with E-state index in [-0.39, 0.29) is 21.6 Å². The molecule has 150 valence electrons. The minimum Gasteiger partial charge on any atom is -0.452 e. The molecule has 1 atom stereocenters. The Morgan fingerprint density at radius 1 is 1.41 bits per heavy atom. The summed E-state index contributed by atoms with van der Waals surface area (Å²) in [5.74, 6) is -1.32. The van der Waals surface area contributed by atoms with Crippen LogP contribution < -0.4 is 5.32 Å². The highest BCUT2D eigenvalue weighted by Crippen LogP contribution is 2.25. The van der Waals surface area contributed by atoms with Crippen LogP contribution in [0.2, 0.25) is 5.02 Å². The van der Waals surface area contributed by atoms with Crippen molar-refractivity contribution in [1.29, 1.82) is 0 Å². The summed E-state index contributed by atoms with van der Waals surface area (Å²) in [6.07, 6.45) is 1.81. The molecule has 1 aromatic rings. The van der Waals surface area contributed by atoms with E-state index in [1.807, 2.05) is 0 Å². The standard InChI is InChI=1S/C16H21ClN2O7S/c1-19(24-2)27(22,23)14-8-11(5-6-13(14)17)16(21)26-10-15(20)18-9-12-4-3-7-25-12/h5-6,8,12H,3-4,7,9-10H2,1-2H3,(H,18,20)/t12-/m1/s1. The van der Waals surface area contributed by atoms with Crippen molar-refractivity contribution in [2.45, 2.75) is 23.8 Å². The third-order valence-corrected chi connectivity index (χ3v) is 6.09. The molecule has 9 nitrogen and oxygen atoms in total. The number of esters is 1. The largest absolute Gasteiger partial charge is 0.452 e. The van der Waals surface area contributed by atoms with Gasteiger partial charge in [0.2, 0.25) is 0 Å². The zero-order valence-electron chi connectivity index (χ0n) is 14.9. The molecule has 1 aromatic carbocycles. The minimum absolute atomic E-state index is 0.0218. The minimum atomic E-state index is -4.05. The lowest BCUT2D eigenvalue weighted by Crippen LogP contribution is -2.34. The Labute approximate surface area is 162 Å². The first-order valence-electron chi connectivity index (χ1n) is 8.13. The molecule has 2 rings (SSSR count).